The van der Waals surface area contributed by atoms with Crippen molar-refractivity contribution in [2.45, 2.75) is 166 Å². The van der Waals surface area contributed by atoms with Gasteiger partial charge >= 0.3 is 11.9 Å². The van der Waals surface area contributed by atoms with Crippen LogP contribution in [0.5, 0.6) is 0 Å². The lowest BCUT2D eigenvalue weighted by Crippen LogP contribution is -2.77. The van der Waals surface area contributed by atoms with Gasteiger partial charge < -0.3 is 49.3 Å². The molecule has 3 saturated carbocycles. The lowest BCUT2D eigenvalue weighted by atomic mass is 9.35. The fourth-order valence-electron chi connectivity index (χ4n) is 14.5. The van der Waals surface area contributed by atoms with E-state index in [4.69, 9.17) is 23.4 Å². The molecule has 0 bridgehead atoms. The molecule has 322 valence electrons. The highest BCUT2D eigenvalue weighted by molar-refractivity contribution is 5.92. The molecule has 5 aliphatic heterocycles. The zero-order valence-electron chi connectivity index (χ0n) is 35.1. The molecule has 13 heteroatoms. The molecular formula is C45H66N2O11. The van der Waals surface area contributed by atoms with Gasteiger partial charge in [-0.2, -0.15) is 0 Å². The lowest BCUT2D eigenvalue weighted by Gasteiger charge is -2.67. The first kappa shape index (κ1) is 41.0. The van der Waals surface area contributed by atoms with Crippen LogP contribution in [0.1, 0.15) is 129 Å². The van der Waals surface area contributed by atoms with E-state index in [1.54, 1.807) is 6.26 Å². The van der Waals surface area contributed by atoms with E-state index in [2.05, 4.69) is 31.4 Å². The number of aliphatic hydroxyl groups excluding tert-OH is 3. The number of cyclic esters (lactones) is 2. The number of rotatable bonds is 13. The minimum atomic E-state index is -1.47. The number of nitrogens with one attached hydrogen (secondary N) is 2. The summed E-state index contributed by atoms with van der Waals surface area (Å²) in [5.74, 6) is -1.53. The summed E-state index contributed by atoms with van der Waals surface area (Å²) < 4.78 is 32.8. The van der Waals surface area contributed by atoms with Crippen LogP contribution < -0.4 is 10.6 Å². The van der Waals surface area contributed by atoms with Crippen molar-refractivity contribution in [3.63, 3.8) is 0 Å². The van der Waals surface area contributed by atoms with E-state index >= 15 is 4.79 Å². The number of hydrogen-bond donors (Lipinski definition) is 5. The van der Waals surface area contributed by atoms with Crippen LogP contribution in [0.4, 0.5) is 0 Å². The molecule has 5 N–H and O–H groups in total. The minimum absolute atomic E-state index is 0.0265. The maximum Gasteiger partial charge on any atom is 0.339 e. The molecule has 58 heavy (non-hydrogen) atoms. The fourth-order valence-corrected chi connectivity index (χ4v) is 14.5. The Bertz CT molecular complexity index is 1770. The third-order valence-corrected chi connectivity index (χ3v) is 17.4. The Morgan fingerprint density at radius 2 is 1.78 bits per heavy atom. The number of carbonyl (C=O) groups is 3. The van der Waals surface area contributed by atoms with Gasteiger partial charge in [-0.1, -0.05) is 53.4 Å². The average Bonchev–Trinajstić information content (AvgIpc) is 3.66. The zero-order valence-corrected chi connectivity index (χ0v) is 35.1. The molecule has 6 heterocycles. The van der Waals surface area contributed by atoms with Gasteiger partial charge in [0.05, 0.1) is 42.0 Å². The topological polar surface area (TPSA) is 189 Å². The maximum absolute atomic E-state index is 15.3. The second kappa shape index (κ2) is 14.3. The normalized spacial score (nSPS) is 44.6. The van der Waals surface area contributed by atoms with Gasteiger partial charge in [-0.05, 0) is 82.1 Å². The number of ether oxygens (including phenoxy) is 4. The van der Waals surface area contributed by atoms with Crippen LogP contribution in [0.15, 0.2) is 16.7 Å². The summed E-state index contributed by atoms with van der Waals surface area (Å²) in [6, 6.07) is 2.26. The van der Waals surface area contributed by atoms with Crippen molar-refractivity contribution in [1.82, 2.24) is 10.6 Å². The average molecular weight is 811 g/mol. The van der Waals surface area contributed by atoms with Crippen molar-refractivity contribution < 1.29 is 53.1 Å². The first-order valence-electron chi connectivity index (χ1n) is 22.4. The van der Waals surface area contributed by atoms with E-state index in [0.29, 0.717) is 68.2 Å². The van der Waals surface area contributed by atoms with Crippen molar-refractivity contribution in [2.24, 2.45) is 45.3 Å². The van der Waals surface area contributed by atoms with Crippen molar-refractivity contribution >= 4 is 17.7 Å². The largest absolute Gasteiger partial charge is 0.469 e. The third kappa shape index (κ3) is 5.48. The van der Waals surface area contributed by atoms with Crippen LogP contribution in [0.25, 0.3) is 0 Å². The molecule has 3 spiro atoms. The van der Waals surface area contributed by atoms with Crippen molar-refractivity contribution in [1.29, 1.82) is 0 Å². The standard InChI is InChI=1S/C45H66N2O11/c1-25(2)12-18-41(4)33-32(50)34(51)42(5)31(44(33)23-55-39(53)43(38(44)58-41)15-8-9-16-43)13-17-40(3)35(56-37(52)36-45(40,42)57-36)28-14-19-54-30(28)20-26(29(49)22-48)10-6-7-11-27-21-46-24-47-27/h14,19,25-27,29,31,33-36,38,46-49,51H,6-13,15-18,20-24H2,1-5H3/t26-,27-,29+,31-,33+,34+,35-,36+,38-,40-,41-,42-,44+,45+/m0/s1. The van der Waals surface area contributed by atoms with Crippen molar-refractivity contribution in [3.05, 3.63) is 23.7 Å². The number of unbranched alkanes of at least 4 members (excludes halogenated alkanes) is 1. The molecule has 0 unspecified atom stereocenters. The van der Waals surface area contributed by atoms with Crippen LogP contribution in [0.2, 0.25) is 0 Å². The summed E-state index contributed by atoms with van der Waals surface area (Å²) >= 11 is 0. The first-order valence-corrected chi connectivity index (χ1v) is 22.4. The Balaban J connectivity index is 1.07. The Kier molecular flexibility index (Phi) is 10.1. The number of Topliss-reactive ketones (excluding diaryl/α,β-unsaturated/α-hetero) is 1. The Morgan fingerprint density at radius 3 is 2.48 bits per heavy atom. The van der Waals surface area contributed by atoms with Gasteiger partial charge in [-0.3, -0.25) is 9.59 Å². The minimum Gasteiger partial charge on any atom is -0.469 e. The summed E-state index contributed by atoms with van der Waals surface area (Å²) in [7, 11) is 0. The van der Waals surface area contributed by atoms with Gasteiger partial charge in [0.25, 0.3) is 0 Å². The number of epoxide rings is 1. The van der Waals surface area contributed by atoms with Crippen LogP contribution in [0.3, 0.4) is 0 Å². The number of carbonyl (C=O) groups excluding carboxylic acids is 3. The Morgan fingerprint density at radius 1 is 1.00 bits per heavy atom. The summed E-state index contributed by atoms with van der Waals surface area (Å²) in [6.07, 6.45) is 6.21. The Hall–Kier alpha value is -2.39. The summed E-state index contributed by atoms with van der Waals surface area (Å²) in [5, 5.41) is 40.6. The van der Waals surface area contributed by atoms with Crippen molar-refractivity contribution in [2.75, 3.05) is 26.4 Å². The number of aliphatic hydroxyl groups is 3. The molecule has 1 aromatic rings. The third-order valence-electron chi connectivity index (χ3n) is 17.4. The fraction of sp³-hybridized carbons (Fsp3) is 0.844. The van der Waals surface area contributed by atoms with E-state index in [0.717, 1.165) is 51.7 Å². The molecule has 0 radical (unpaired) electrons. The van der Waals surface area contributed by atoms with Crippen LogP contribution in [-0.2, 0) is 39.8 Å². The smallest absolute Gasteiger partial charge is 0.339 e. The van der Waals surface area contributed by atoms with E-state index in [1.165, 1.54) is 0 Å². The summed E-state index contributed by atoms with van der Waals surface area (Å²) in [5.41, 5.74) is -5.46. The number of hydrogen-bond acceptors (Lipinski definition) is 13. The SMILES string of the molecule is CC(C)CC[C@]1(C)O[C@H]2C3(CCCC3)C(=O)OC[C@]23[C@H]2CC[C@@]4(C)[C@H](c5ccoc5C[C@H](CCCC[C@H]5CNCN5)[C@H](O)CO)OC(=O)[C@H]5O[C@]54[C@]2(C)[C@H](O)C(=O)[C@@H]31. The van der Waals surface area contributed by atoms with E-state index in [1.807, 2.05) is 19.9 Å². The van der Waals surface area contributed by atoms with Gasteiger partial charge in [0, 0.05) is 47.5 Å². The second-order valence-corrected chi connectivity index (χ2v) is 20.7. The van der Waals surface area contributed by atoms with E-state index in [9.17, 15) is 24.9 Å². The van der Waals surface area contributed by atoms with Crippen LogP contribution in [0, 0.1) is 45.3 Å². The van der Waals surface area contributed by atoms with Gasteiger partial charge in [0.15, 0.2) is 11.9 Å². The summed E-state index contributed by atoms with van der Waals surface area (Å²) in [6.45, 7) is 11.7. The van der Waals surface area contributed by atoms with Gasteiger partial charge in [-0.25, -0.2) is 4.79 Å². The maximum atomic E-state index is 15.3. The predicted molar refractivity (Wildman–Crippen MR) is 209 cm³/mol. The molecular weight excluding hydrogens is 744 g/mol. The molecule has 9 rings (SSSR count). The highest BCUT2D eigenvalue weighted by atomic mass is 16.7. The zero-order chi connectivity index (χ0) is 41.0. The highest BCUT2D eigenvalue weighted by Crippen LogP contribution is 2.81. The lowest BCUT2D eigenvalue weighted by molar-refractivity contribution is -0.264. The number of ketones is 1. The molecule has 14 atom stereocenters. The Labute approximate surface area is 342 Å². The molecule has 13 nitrogen and oxygen atoms in total. The molecule has 0 aromatic carbocycles. The monoisotopic (exact) mass is 810 g/mol. The molecule has 8 fully saturated rings. The molecule has 8 aliphatic rings. The van der Waals surface area contributed by atoms with Crippen molar-refractivity contribution in [3.8, 4) is 0 Å². The predicted octanol–water partition coefficient (Wildman–Crippen LogP) is 4.29. The molecule has 3 aliphatic carbocycles. The van der Waals surface area contributed by atoms with E-state index < -0.39 is 75.3 Å². The molecule has 5 saturated heterocycles. The number of esters is 2. The van der Waals surface area contributed by atoms with E-state index in [-0.39, 0.29) is 36.8 Å². The van der Waals surface area contributed by atoms with Crippen LogP contribution in [-0.4, -0.2) is 101 Å². The highest BCUT2D eigenvalue weighted by Gasteiger charge is 2.91. The van der Waals surface area contributed by atoms with Gasteiger partial charge in [0.1, 0.15) is 30.2 Å². The molecule has 0 amide bonds. The van der Waals surface area contributed by atoms with Gasteiger partial charge in [0.2, 0.25) is 0 Å². The number of furan rings is 1. The van der Waals surface area contributed by atoms with Crippen LogP contribution >= 0.6 is 0 Å². The quantitative estimate of drug-likeness (QED) is 0.108. The van der Waals surface area contributed by atoms with Gasteiger partial charge in [-0.15, -0.1) is 0 Å². The molecule has 1 aromatic heterocycles. The summed E-state index contributed by atoms with van der Waals surface area (Å²) in [4.78, 5) is 43.5. The first-order chi connectivity index (χ1) is 27.6. The second-order valence-electron chi connectivity index (χ2n) is 20.7. The number of fused-ring (bicyclic) bond motifs is 2.